The van der Waals surface area contributed by atoms with Crippen LogP contribution in [0.3, 0.4) is 0 Å². The molecule has 0 bridgehead atoms. The Morgan fingerprint density at radius 3 is 3.06 bits per heavy atom. The average Bonchev–Trinajstić information content (AvgIpc) is 2.26. The molecule has 0 aliphatic carbocycles. The molecule has 1 aromatic rings. The molecule has 1 aromatic heterocycles. The first kappa shape index (κ1) is 12.4. The van der Waals surface area contributed by atoms with Gasteiger partial charge in [-0.1, -0.05) is 6.08 Å². The van der Waals surface area contributed by atoms with E-state index in [1.54, 1.807) is 19.1 Å². The molecule has 0 aromatic carbocycles. The van der Waals surface area contributed by atoms with Crippen LogP contribution in [0.5, 0.6) is 0 Å². The molecular weight excluding hydrogens is 209 g/mol. The Balaban J connectivity index is 2.74. The van der Waals surface area contributed by atoms with E-state index < -0.39 is 5.95 Å². The van der Waals surface area contributed by atoms with E-state index in [-0.39, 0.29) is 18.3 Å². The fourth-order valence-electron chi connectivity index (χ4n) is 1.38. The number of hydrogen-bond acceptors (Lipinski definition) is 3. The van der Waals surface area contributed by atoms with E-state index in [1.807, 2.05) is 0 Å². The maximum Gasteiger partial charge on any atom is 0.306 e. The van der Waals surface area contributed by atoms with Gasteiger partial charge in [-0.25, -0.2) is 4.98 Å². The van der Waals surface area contributed by atoms with Gasteiger partial charge >= 0.3 is 5.97 Å². The first-order chi connectivity index (χ1) is 7.67. The summed E-state index contributed by atoms with van der Waals surface area (Å²) in [4.78, 5) is 14.7. The number of nitrogens with zero attached hydrogens (tertiary/aromatic N) is 1. The predicted molar refractivity (Wildman–Crippen MR) is 58.4 cm³/mol. The van der Waals surface area contributed by atoms with E-state index in [4.69, 9.17) is 4.74 Å². The number of ether oxygens (including phenoxy) is 1. The molecule has 3 nitrogen and oxygen atoms in total. The van der Waals surface area contributed by atoms with Gasteiger partial charge in [-0.15, -0.1) is 6.58 Å². The summed E-state index contributed by atoms with van der Waals surface area (Å²) in [5.74, 6) is -1.12. The zero-order chi connectivity index (χ0) is 12.0. The number of esters is 1. The maximum absolute atomic E-state index is 12.9. The van der Waals surface area contributed by atoms with Crippen LogP contribution >= 0.6 is 0 Å². The molecular formula is C12H14FNO2. The number of carbonyl (C=O) groups excluding carboxylic acids is 1. The minimum absolute atomic E-state index is 0.167. The highest BCUT2D eigenvalue weighted by Gasteiger charge is 2.14. The van der Waals surface area contributed by atoms with E-state index in [0.717, 1.165) is 0 Å². The molecule has 0 radical (unpaired) electrons. The van der Waals surface area contributed by atoms with Crippen molar-refractivity contribution in [3.63, 3.8) is 0 Å². The summed E-state index contributed by atoms with van der Waals surface area (Å²) in [6, 6.07) is 2.96. The largest absolute Gasteiger partial charge is 0.466 e. The molecule has 0 aliphatic heterocycles. The molecule has 4 heteroatoms. The van der Waals surface area contributed by atoms with Gasteiger partial charge in [0.2, 0.25) is 5.95 Å². The number of carbonyl (C=O) groups is 1. The van der Waals surface area contributed by atoms with E-state index in [0.29, 0.717) is 12.2 Å². The van der Waals surface area contributed by atoms with Crippen LogP contribution in [-0.4, -0.2) is 17.6 Å². The van der Waals surface area contributed by atoms with Crippen molar-refractivity contribution in [3.8, 4) is 0 Å². The standard InChI is InChI=1S/C12H14FNO2/c1-3-9(8-12(15)16-4-2)10-5-6-14-11(13)7-10/h3,5-7,9H,1,4,8H2,2H3/t9-/m0/s1. The van der Waals surface area contributed by atoms with E-state index >= 15 is 0 Å². The summed E-state index contributed by atoms with van der Waals surface area (Å²) in [7, 11) is 0. The van der Waals surface area contributed by atoms with Crippen molar-refractivity contribution in [2.45, 2.75) is 19.3 Å². The molecule has 0 aliphatic rings. The Morgan fingerprint density at radius 1 is 1.75 bits per heavy atom. The fourth-order valence-corrected chi connectivity index (χ4v) is 1.38. The summed E-state index contributed by atoms with van der Waals surface area (Å²) in [5.41, 5.74) is 0.676. The van der Waals surface area contributed by atoms with Gasteiger partial charge in [0, 0.05) is 12.1 Å². The summed E-state index contributed by atoms with van der Waals surface area (Å²) < 4.78 is 17.7. The Kier molecular flexibility index (Phi) is 4.64. The monoisotopic (exact) mass is 223 g/mol. The van der Waals surface area contributed by atoms with Crippen molar-refractivity contribution >= 4 is 5.97 Å². The molecule has 0 saturated heterocycles. The lowest BCUT2D eigenvalue weighted by molar-refractivity contribution is -0.143. The maximum atomic E-state index is 12.9. The highest BCUT2D eigenvalue weighted by molar-refractivity contribution is 5.70. The molecule has 0 fully saturated rings. The minimum Gasteiger partial charge on any atom is -0.466 e. The molecule has 0 saturated carbocycles. The van der Waals surface area contributed by atoms with Crippen LogP contribution in [-0.2, 0) is 9.53 Å². The van der Waals surface area contributed by atoms with Crippen molar-refractivity contribution in [1.82, 2.24) is 4.98 Å². The second kappa shape index (κ2) is 6.00. The summed E-state index contributed by atoms with van der Waals surface area (Å²) in [6.07, 6.45) is 3.14. The molecule has 1 rings (SSSR count). The molecule has 0 spiro atoms. The molecule has 1 atom stereocenters. The van der Waals surface area contributed by atoms with Gasteiger partial charge in [-0.05, 0) is 24.6 Å². The average molecular weight is 223 g/mol. The van der Waals surface area contributed by atoms with Crippen molar-refractivity contribution in [3.05, 3.63) is 42.5 Å². The Bertz CT molecular complexity index is 379. The van der Waals surface area contributed by atoms with E-state index in [9.17, 15) is 9.18 Å². The van der Waals surface area contributed by atoms with Crippen LogP contribution < -0.4 is 0 Å². The zero-order valence-electron chi connectivity index (χ0n) is 9.15. The molecule has 86 valence electrons. The molecule has 16 heavy (non-hydrogen) atoms. The van der Waals surface area contributed by atoms with Gasteiger partial charge in [0.1, 0.15) is 0 Å². The topological polar surface area (TPSA) is 39.2 Å². The van der Waals surface area contributed by atoms with Gasteiger partial charge in [0.05, 0.1) is 13.0 Å². The van der Waals surface area contributed by atoms with Crippen LogP contribution in [0.2, 0.25) is 0 Å². The first-order valence-electron chi connectivity index (χ1n) is 5.07. The number of aromatic nitrogens is 1. The minimum atomic E-state index is -0.562. The number of hydrogen-bond donors (Lipinski definition) is 0. The van der Waals surface area contributed by atoms with Crippen LogP contribution in [0, 0.1) is 5.95 Å². The summed E-state index contributed by atoms with van der Waals surface area (Å²) >= 11 is 0. The van der Waals surface area contributed by atoms with Crippen molar-refractivity contribution in [2.24, 2.45) is 0 Å². The third-order valence-corrected chi connectivity index (χ3v) is 2.16. The quantitative estimate of drug-likeness (QED) is 0.437. The SMILES string of the molecule is C=C[C@@H](CC(=O)OCC)c1ccnc(F)c1. The Hall–Kier alpha value is -1.71. The Labute approximate surface area is 94.0 Å². The molecule has 0 amide bonds. The lowest BCUT2D eigenvalue weighted by Gasteiger charge is -2.11. The zero-order valence-corrected chi connectivity index (χ0v) is 9.15. The number of rotatable bonds is 5. The van der Waals surface area contributed by atoms with Crippen LogP contribution in [0.25, 0.3) is 0 Å². The second-order valence-electron chi connectivity index (χ2n) is 3.26. The van der Waals surface area contributed by atoms with Gasteiger partial charge in [-0.3, -0.25) is 4.79 Å². The summed E-state index contributed by atoms with van der Waals surface area (Å²) in [5, 5.41) is 0. The van der Waals surface area contributed by atoms with Gasteiger partial charge in [0.15, 0.2) is 0 Å². The lowest BCUT2D eigenvalue weighted by atomic mass is 9.97. The van der Waals surface area contributed by atoms with Crippen molar-refractivity contribution in [1.29, 1.82) is 0 Å². The third kappa shape index (κ3) is 3.46. The van der Waals surface area contributed by atoms with Gasteiger partial charge < -0.3 is 4.74 Å². The van der Waals surface area contributed by atoms with Crippen LogP contribution in [0.15, 0.2) is 31.0 Å². The number of pyridine rings is 1. The van der Waals surface area contributed by atoms with Crippen molar-refractivity contribution in [2.75, 3.05) is 6.61 Å². The summed E-state index contributed by atoms with van der Waals surface area (Å²) in [6.45, 7) is 5.71. The first-order valence-corrected chi connectivity index (χ1v) is 5.07. The normalized spacial score (nSPS) is 11.9. The fraction of sp³-hybridized carbons (Fsp3) is 0.333. The smallest absolute Gasteiger partial charge is 0.306 e. The van der Waals surface area contributed by atoms with Gasteiger partial charge in [-0.2, -0.15) is 4.39 Å². The second-order valence-corrected chi connectivity index (χ2v) is 3.26. The number of halogens is 1. The molecule has 1 heterocycles. The van der Waals surface area contributed by atoms with Crippen LogP contribution in [0.1, 0.15) is 24.8 Å². The van der Waals surface area contributed by atoms with Crippen LogP contribution in [0.4, 0.5) is 4.39 Å². The highest BCUT2D eigenvalue weighted by atomic mass is 19.1. The predicted octanol–water partition coefficient (Wildman–Crippen LogP) is 2.44. The molecule has 0 unspecified atom stereocenters. The Morgan fingerprint density at radius 2 is 2.50 bits per heavy atom. The third-order valence-electron chi connectivity index (χ3n) is 2.16. The number of allylic oxidation sites excluding steroid dienone is 1. The van der Waals surface area contributed by atoms with E-state index in [1.165, 1.54) is 12.3 Å². The van der Waals surface area contributed by atoms with E-state index in [2.05, 4.69) is 11.6 Å². The molecule has 0 N–H and O–H groups in total. The lowest BCUT2D eigenvalue weighted by Crippen LogP contribution is -2.09. The highest BCUT2D eigenvalue weighted by Crippen LogP contribution is 2.21. The van der Waals surface area contributed by atoms with Gasteiger partial charge in [0.25, 0.3) is 0 Å². The van der Waals surface area contributed by atoms with Crippen molar-refractivity contribution < 1.29 is 13.9 Å².